The molecule has 1 aliphatic heterocycles. The third-order valence-electron chi connectivity index (χ3n) is 4.13. The molecule has 0 unspecified atom stereocenters. The highest BCUT2D eigenvalue weighted by molar-refractivity contribution is 5.71. The molecule has 0 saturated carbocycles. The molecule has 0 amide bonds. The zero-order valence-electron chi connectivity index (χ0n) is 10.6. The van der Waals surface area contributed by atoms with Gasteiger partial charge in [-0.15, -0.1) is 0 Å². The molecule has 3 nitrogen and oxygen atoms in total. The molecular formula is C15H19NO2. The summed E-state index contributed by atoms with van der Waals surface area (Å²) in [5, 5.41) is 8.85. The van der Waals surface area contributed by atoms with Crippen LogP contribution in [0.5, 0.6) is 0 Å². The van der Waals surface area contributed by atoms with E-state index >= 15 is 0 Å². The Labute approximate surface area is 107 Å². The average molecular weight is 245 g/mol. The minimum atomic E-state index is -0.656. The summed E-state index contributed by atoms with van der Waals surface area (Å²) in [6.45, 7) is 2.30. The van der Waals surface area contributed by atoms with Crippen LogP contribution in [-0.4, -0.2) is 29.1 Å². The van der Waals surface area contributed by atoms with Crippen molar-refractivity contribution < 1.29 is 9.90 Å². The molecule has 2 aliphatic rings. The molecule has 1 fully saturated rings. The fourth-order valence-electron chi connectivity index (χ4n) is 3.00. The van der Waals surface area contributed by atoms with Crippen molar-refractivity contribution in [1.82, 2.24) is 4.90 Å². The Balaban J connectivity index is 1.62. The van der Waals surface area contributed by atoms with Crippen molar-refractivity contribution in [2.75, 3.05) is 13.1 Å². The first-order chi connectivity index (χ1) is 8.72. The molecule has 0 atom stereocenters. The first kappa shape index (κ1) is 11.7. The molecule has 0 spiro atoms. The summed E-state index contributed by atoms with van der Waals surface area (Å²) < 4.78 is 0. The maximum atomic E-state index is 10.7. The van der Waals surface area contributed by atoms with E-state index in [1.165, 1.54) is 42.4 Å². The van der Waals surface area contributed by atoms with Crippen molar-refractivity contribution in [3.05, 3.63) is 34.9 Å². The first-order valence-electron chi connectivity index (χ1n) is 6.78. The quantitative estimate of drug-likeness (QED) is 0.886. The standard InChI is InChI=1S/C15H19NO2/c17-15(18)14-9-16(10-14)8-11-5-6-12-3-1-2-4-13(12)7-11/h5-7,14H,1-4,8-10H2,(H,17,18). The molecule has 1 aromatic carbocycles. The number of aliphatic carboxylic acids is 1. The van der Waals surface area contributed by atoms with Crippen LogP contribution in [0.1, 0.15) is 29.5 Å². The third-order valence-corrected chi connectivity index (χ3v) is 4.13. The van der Waals surface area contributed by atoms with Crippen LogP contribution in [0.2, 0.25) is 0 Å². The van der Waals surface area contributed by atoms with Gasteiger partial charge in [0.25, 0.3) is 0 Å². The molecule has 0 radical (unpaired) electrons. The third kappa shape index (κ3) is 2.27. The fraction of sp³-hybridized carbons (Fsp3) is 0.533. The number of fused-ring (bicyclic) bond motifs is 1. The molecule has 1 saturated heterocycles. The van der Waals surface area contributed by atoms with Gasteiger partial charge in [-0.3, -0.25) is 9.69 Å². The van der Waals surface area contributed by atoms with Crippen molar-refractivity contribution in [1.29, 1.82) is 0 Å². The second-order valence-electron chi connectivity index (χ2n) is 5.54. The normalized spacial score (nSPS) is 20.2. The van der Waals surface area contributed by atoms with E-state index in [-0.39, 0.29) is 5.92 Å². The van der Waals surface area contributed by atoms with Gasteiger partial charge in [-0.25, -0.2) is 0 Å². The van der Waals surface area contributed by atoms with E-state index in [1.54, 1.807) is 0 Å². The summed E-state index contributed by atoms with van der Waals surface area (Å²) in [4.78, 5) is 13.0. The highest BCUT2D eigenvalue weighted by Gasteiger charge is 2.32. The zero-order valence-corrected chi connectivity index (χ0v) is 10.6. The van der Waals surface area contributed by atoms with Gasteiger partial charge in [-0.1, -0.05) is 18.2 Å². The Morgan fingerprint density at radius 1 is 1.22 bits per heavy atom. The van der Waals surface area contributed by atoms with E-state index in [2.05, 4.69) is 23.1 Å². The van der Waals surface area contributed by atoms with E-state index < -0.39 is 5.97 Å². The molecule has 1 heterocycles. The van der Waals surface area contributed by atoms with Gasteiger partial charge in [0, 0.05) is 19.6 Å². The Kier molecular flexibility index (Phi) is 3.08. The monoisotopic (exact) mass is 245 g/mol. The summed E-state index contributed by atoms with van der Waals surface area (Å²) in [5.41, 5.74) is 4.35. The Morgan fingerprint density at radius 2 is 1.94 bits per heavy atom. The summed E-state index contributed by atoms with van der Waals surface area (Å²) >= 11 is 0. The number of carbonyl (C=O) groups is 1. The van der Waals surface area contributed by atoms with Crippen LogP contribution in [0, 0.1) is 5.92 Å². The second kappa shape index (κ2) is 4.73. The summed E-state index contributed by atoms with van der Waals surface area (Å²) in [6, 6.07) is 6.79. The number of rotatable bonds is 3. The van der Waals surface area contributed by atoms with E-state index in [0.29, 0.717) is 13.1 Å². The fourth-order valence-corrected chi connectivity index (χ4v) is 3.00. The van der Waals surface area contributed by atoms with Crippen LogP contribution in [0.15, 0.2) is 18.2 Å². The van der Waals surface area contributed by atoms with Crippen LogP contribution < -0.4 is 0 Å². The topological polar surface area (TPSA) is 40.5 Å². The van der Waals surface area contributed by atoms with Crippen LogP contribution in [0.4, 0.5) is 0 Å². The van der Waals surface area contributed by atoms with Crippen LogP contribution in [-0.2, 0) is 24.2 Å². The number of nitrogens with zero attached hydrogens (tertiary/aromatic N) is 1. The number of carboxylic acid groups (broad SMARTS) is 1. The van der Waals surface area contributed by atoms with Gasteiger partial charge in [0.1, 0.15) is 0 Å². The van der Waals surface area contributed by atoms with Crippen molar-refractivity contribution >= 4 is 5.97 Å². The molecule has 3 heteroatoms. The Hall–Kier alpha value is -1.35. The van der Waals surface area contributed by atoms with E-state index in [4.69, 9.17) is 5.11 Å². The summed E-state index contributed by atoms with van der Waals surface area (Å²) in [6.07, 6.45) is 5.06. The lowest BCUT2D eigenvalue weighted by Gasteiger charge is -2.36. The highest BCUT2D eigenvalue weighted by Crippen LogP contribution is 2.24. The van der Waals surface area contributed by atoms with Gasteiger partial charge in [0.15, 0.2) is 0 Å². The highest BCUT2D eigenvalue weighted by atomic mass is 16.4. The van der Waals surface area contributed by atoms with Crippen molar-refractivity contribution in [3.63, 3.8) is 0 Å². The SMILES string of the molecule is O=C(O)C1CN(Cc2ccc3c(c2)CCCC3)C1. The number of hydrogen-bond donors (Lipinski definition) is 1. The van der Waals surface area contributed by atoms with Crippen LogP contribution in [0.25, 0.3) is 0 Å². The minimum absolute atomic E-state index is 0.150. The van der Waals surface area contributed by atoms with Gasteiger partial charge in [-0.2, -0.15) is 0 Å². The minimum Gasteiger partial charge on any atom is -0.481 e. The van der Waals surface area contributed by atoms with Gasteiger partial charge in [0.2, 0.25) is 0 Å². The molecule has 3 rings (SSSR count). The number of likely N-dealkylation sites (tertiary alicyclic amines) is 1. The molecule has 0 aromatic heterocycles. The Morgan fingerprint density at radius 3 is 2.67 bits per heavy atom. The second-order valence-corrected chi connectivity index (χ2v) is 5.54. The van der Waals surface area contributed by atoms with Crippen molar-refractivity contribution in [2.24, 2.45) is 5.92 Å². The molecule has 0 bridgehead atoms. The number of carboxylic acids is 1. The van der Waals surface area contributed by atoms with Gasteiger partial charge in [0.05, 0.1) is 5.92 Å². The lowest BCUT2D eigenvalue weighted by atomic mass is 9.90. The summed E-state index contributed by atoms with van der Waals surface area (Å²) in [5.74, 6) is -0.806. The molecule has 96 valence electrons. The van der Waals surface area contributed by atoms with E-state index in [9.17, 15) is 4.79 Å². The van der Waals surface area contributed by atoms with Gasteiger partial charge >= 0.3 is 5.97 Å². The van der Waals surface area contributed by atoms with E-state index in [1.807, 2.05) is 0 Å². The van der Waals surface area contributed by atoms with Gasteiger partial charge in [-0.05, 0) is 42.4 Å². The maximum Gasteiger partial charge on any atom is 0.309 e. The number of aryl methyl sites for hydroxylation is 2. The van der Waals surface area contributed by atoms with Crippen molar-refractivity contribution in [2.45, 2.75) is 32.2 Å². The van der Waals surface area contributed by atoms with E-state index in [0.717, 1.165) is 6.54 Å². The number of benzene rings is 1. The molecule has 1 N–H and O–H groups in total. The molecular weight excluding hydrogens is 226 g/mol. The predicted molar refractivity (Wildman–Crippen MR) is 69.5 cm³/mol. The summed E-state index contributed by atoms with van der Waals surface area (Å²) in [7, 11) is 0. The molecule has 1 aliphatic carbocycles. The largest absolute Gasteiger partial charge is 0.481 e. The predicted octanol–water partition coefficient (Wildman–Crippen LogP) is 2.08. The maximum absolute atomic E-state index is 10.7. The number of hydrogen-bond acceptors (Lipinski definition) is 2. The molecule has 1 aromatic rings. The van der Waals surface area contributed by atoms with Gasteiger partial charge < -0.3 is 5.11 Å². The van der Waals surface area contributed by atoms with Crippen molar-refractivity contribution in [3.8, 4) is 0 Å². The average Bonchev–Trinajstić information content (AvgIpc) is 2.32. The first-order valence-corrected chi connectivity index (χ1v) is 6.78. The lowest BCUT2D eigenvalue weighted by molar-refractivity contribution is -0.147. The smallest absolute Gasteiger partial charge is 0.309 e. The zero-order chi connectivity index (χ0) is 12.5. The molecule has 18 heavy (non-hydrogen) atoms. The van der Waals surface area contributed by atoms with Crippen LogP contribution >= 0.6 is 0 Å². The Bertz CT molecular complexity index is 464. The lowest BCUT2D eigenvalue weighted by Crippen LogP contribution is -2.49. The van der Waals surface area contributed by atoms with Crippen LogP contribution in [0.3, 0.4) is 0 Å².